The summed E-state index contributed by atoms with van der Waals surface area (Å²) in [6, 6.07) is 1.64. The number of carbonyl (C=O) groups is 2. The molecule has 1 atom stereocenters. The molecule has 1 aromatic rings. The number of rotatable bonds is 0. The van der Waals surface area contributed by atoms with Crippen molar-refractivity contribution >= 4 is 23.3 Å². The summed E-state index contributed by atoms with van der Waals surface area (Å²) in [5.41, 5.74) is 0.438. The quantitative estimate of drug-likeness (QED) is 0.617. The summed E-state index contributed by atoms with van der Waals surface area (Å²) < 4.78 is 0. The number of imide groups is 1. The van der Waals surface area contributed by atoms with Gasteiger partial charge in [-0.05, 0) is 29.9 Å². The lowest BCUT2D eigenvalue weighted by Gasteiger charge is -2.18. The van der Waals surface area contributed by atoms with E-state index in [2.05, 4.69) is 10.6 Å². The molecule has 1 unspecified atom stereocenters. The first-order valence-electron chi connectivity index (χ1n) is 4.43. The number of amides is 3. The van der Waals surface area contributed by atoms with Crippen molar-refractivity contribution in [1.82, 2.24) is 10.6 Å². The van der Waals surface area contributed by atoms with Crippen LogP contribution in [0.25, 0.3) is 0 Å². The zero-order valence-corrected chi connectivity index (χ0v) is 8.11. The lowest BCUT2D eigenvalue weighted by atomic mass is 9.99. The lowest BCUT2D eigenvalue weighted by molar-refractivity contribution is -0.124. The van der Waals surface area contributed by atoms with Crippen molar-refractivity contribution in [3.05, 3.63) is 21.9 Å². The van der Waals surface area contributed by atoms with E-state index in [-0.39, 0.29) is 11.9 Å². The molecule has 2 N–H and O–H groups in total. The molecule has 2 heterocycles. The monoisotopic (exact) mass is 208 g/mol. The van der Waals surface area contributed by atoms with Gasteiger partial charge in [0.15, 0.2) is 5.54 Å². The standard InChI is InChI=1S/C9H8N2O2S/c12-7-9(11-8(13)10-7)3-1-5-2-4-14-6(5)9/h2,4H,1,3H2,(H2,10,11,12,13). The number of aryl methyl sites for hydroxylation is 1. The largest absolute Gasteiger partial charge is 0.322 e. The highest BCUT2D eigenvalue weighted by Gasteiger charge is 2.52. The van der Waals surface area contributed by atoms with E-state index in [9.17, 15) is 9.59 Å². The number of carbonyl (C=O) groups excluding carboxylic acids is 2. The molecule has 14 heavy (non-hydrogen) atoms. The molecule has 1 fully saturated rings. The normalized spacial score (nSPS) is 29.1. The first-order valence-corrected chi connectivity index (χ1v) is 5.31. The highest BCUT2D eigenvalue weighted by molar-refractivity contribution is 7.10. The van der Waals surface area contributed by atoms with Crippen molar-refractivity contribution in [1.29, 1.82) is 0 Å². The van der Waals surface area contributed by atoms with Crippen LogP contribution in [0.4, 0.5) is 4.79 Å². The van der Waals surface area contributed by atoms with Gasteiger partial charge in [0, 0.05) is 4.88 Å². The second-order valence-corrected chi connectivity index (χ2v) is 4.50. The fourth-order valence-corrected chi connectivity index (χ4v) is 3.31. The first kappa shape index (κ1) is 7.99. The Kier molecular flexibility index (Phi) is 1.35. The van der Waals surface area contributed by atoms with Crippen molar-refractivity contribution < 1.29 is 9.59 Å². The number of hydrogen-bond acceptors (Lipinski definition) is 3. The summed E-state index contributed by atoms with van der Waals surface area (Å²) >= 11 is 1.54. The molecule has 1 aliphatic carbocycles. The molecule has 0 bridgehead atoms. The van der Waals surface area contributed by atoms with E-state index in [4.69, 9.17) is 0 Å². The van der Waals surface area contributed by atoms with Crippen molar-refractivity contribution in [3.63, 3.8) is 0 Å². The van der Waals surface area contributed by atoms with Gasteiger partial charge in [0.05, 0.1) is 0 Å². The van der Waals surface area contributed by atoms with Gasteiger partial charge < -0.3 is 5.32 Å². The van der Waals surface area contributed by atoms with Gasteiger partial charge in [-0.2, -0.15) is 0 Å². The van der Waals surface area contributed by atoms with Crippen LogP contribution in [0.15, 0.2) is 11.4 Å². The summed E-state index contributed by atoms with van der Waals surface area (Å²) in [4.78, 5) is 23.8. The van der Waals surface area contributed by atoms with Gasteiger partial charge in [0.2, 0.25) is 0 Å². The Bertz CT molecular complexity index is 440. The van der Waals surface area contributed by atoms with Crippen LogP contribution in [0, 0.1) is 0 Å². The Hall–Kier alpha value is -1.36. The Morgan fingerprint density at radius 2 is 2.29 bits per heavy atom. The summed E-state index contributed by atoms with van der Waals surface area (Å²) in [5, 5.41) is 6.99. The van der Waals surface area contributed by atoms with Gasteiger partial charge in [-0.15, -0.1) is 11.3 Å². The van der Waals surface area contributed by atoms with Gasteiger partial charge in [0.25, 0.3) is 5.91 Å². The third kappa shape index (κ3) is 0.778. The van der Waals surface area contributed by atoms with Gasteiger partial charge >= 0.3 is 6.03 Å². The van der Waals surface area contributed by atoms with Crippen molar-refractivity contribution in [2.24, 2.45) is 0 Å². The minimum absolute atomic E-state index is 0.205. The van der Waals surface area contributed by atoms with Crippen LogP contribution in [0.2, 0.25) is 0 Å². The molecular formula is C9H8N2O2S. The van der Waals surface area contributed by atoms with E-state index < -0.39 is 5.54 Å². The second-order valence-electron chi connectivity index (χ2n) is 3.59. The third-order valence-electron chi connectivity index (χ3n) is 2.85. The van der Waals surface area contributed by atoms with Gasteiger partial charge in [0.1, 0.15) is 0 Å². The molecule has 1 spiro atoms. The highest BCUT2D eigenvalue weighted by atomic mass is 32.1. The number of urea groups is 1. The Morgan fingerprint density at radius 1 is 1.43 bits per heavy atom. The van der Waals surface area contributed by atoms with E-state index in [1.165, 1.54) is 16.9 Å². The average Bonchev–Trinajstić information content (AvgIpc) is 2.73. The van der Waals surface area contributed by atoms with Crippen molar-refractivity contribution in [2.45, 2.75) is 18.4 Å². The Balaban J connectivity index is 2.16. The van der Waals surface area contributed by atoms with E-state index in [1.807, 2.05) is 11.4 Å². The predicted molar refractivity (Wildman–Crippen MR) is 51.0 cm³/mol. The van der Waals surface area contributed by atoms with Gasteiger partial charge in [-0.3, -0.25) is 10.1 Å². The lowest BCUT2D eigenvalue weighted by Crippen LogP contribution is -2.40. The Labute approximate surface area is 84.3 Å². The maximum Gasteiger partial charge on any atom is 0.322 e. The number of thiophene rings is 1. The molecule has 3 amide bonds. The average molecular weight is 208 g/mol. The molecule has 0 radical (unpaired) electrons. The summed E-state index contributed by atoms with van der Waals surface area (Å²) in [7, 11) is 0. The Morgan fingerprint density at radius 3 is 3.00 bits per heavy atom. The second kappa shape index (κ2) is 2.36. The van der Waals surface area contributed by atoms with Gasteiger partial charge in [-0.25, -0.2) is 4.79 Å². The van der Waals surface area contributed by atoms with E-state index in [0.717, 1.165) is 11.3 Å². The summed E-state index contributed by atoms with van der Waals surface area (Å²) in [6.45, 7) is 0. The molecule has 1 aromatic heterocycles. The predicted octanol–water partition coefficient (Wildman–Crippen LogP) is 0.729. The van der Waals surface area contributed by atoms with E-state index in [0.29, 0.717) is 6.42 Å². The number of hydrogen-bond donors (Lipinski definition) is 2. The molecule has 0 saturated carbocycles. The molecule has 3 rings (SSSR count). The minimum atomic E-state index is -0.749. The van der Waals surface area contributed by atoms with Crippen molar-refractivity contribution in [3.8, 4) is 0 Å². The molecule has 72 valence electrons. The fourth-order valence-electron chi connectivity index (χ4n) is 2.17. The van der Waals surface area contributed by atoms with E-state index >= 15 is 0 Å². The highest BCUT2D eigenvalue weighted by Crippen LogP contribution is 2.42. The zero-order chi connectivity index (χ0) is 9.76. The molecule has 2 aliphatic rings. The van der Waals surface area contributed by atoms with Crippen LogP contribution in [0.5, 0.6) is 0 Å². The maximum atomic E-state index is 11.7. The maximum absolute atomic E-state index is 11.7. The molecule has 1 aliphatic heterocycles. The van der Waals surface area contributed by atoms with Crippen LogP contribution in [0.3, 0.4) is 0 Å². The third-order valence-corrected chi connectivity index (χ3v) is 3.96. The number of nitrogens with one attached hydrogen (secondary N) is 2. The van der Waals surface area contributed by atoms with Crippen LogP contribution in [0.1, 0.15) is 16.9 Å². The van der Waals surface area contributed by atoms with Crippen LogP contribution in [-0.2, 0) is 16.8 Å². The molecular weight excluding hydrogens is 200 g/mol. The van der Waals surface area contributed by atoms with Crippen molar-refractivity contribution in [2.75, 3.05) is 0 Å². The topological polar surface area (TPSA) is 58.2 Å². The summed E-state index contributed by atoms with van der Waals surface area (Å²) in [6.07, 6.45) is 1.55. The number of fused-ring (bicyclic) bond motifs is 2. The minimum Gasteiger partial charge on any atom is -0.319 e. The molecule has 4 nitrogen and oxygen atoms in total. The first-order chi connectivity index (χ1) is 6.72. The zero-order valence-electron chi connectivity index (χ0n) is 7.29. The molecule has 5 heteroatoms. The summed E-state index contributed by atoms with van der Waals surface area (Å²) in [5.74, 6) is -0.205. The molecule has 1 saturated heterocycles. The smallest absolute Gasteiger partial charge is 0.319 e. The van der Waals surface area contributed by atoms with Crippen LogP contribution in [-0.4, -0.2) is 11.9 Å². The fraction of sp³-hybridized carbons (Fsp3) is 0.333. The van der Waals surface area contributed by atoms with Crippen LogP contribution < -0.4 is 10.6 Å². The SMILES string of the molecule is O=C1NC(=O)C2(CCc3ccsc32)N1. The van der Waals surface area contributed by atoms with E-state index in [1.54, 1.807) is 0 Å². The van der Waals surface area contributed by atoms with Crippen LogP contribution >= 0.6 is 11.3 Å². The van der Waals surface area contributed by atoms with Gasteiger partial charge in [-0.1, -0.05) is 0 Å². The molecule has 0 aromatic carbocycles.